The molecule has 0 bridgehead atoms. The van der Waals surface area contributed by atoms with Gasteiger partial charge in [0, 0.05) is 12.8 Å². The van der Waals surface area contributed by atoms with Gasteiger partial charge in [-0.15, -0.1) is 0 Å². The minimum Gasteiger partial charge on any atom is -0.310 e. The minimum absolute atomic E-state index is 0.983. The highest BCUT2D eigenvalue weighted by Crippen LogP contribution is 1.69. The Morgan fingerprint density at radius 2 is 2.25 bits per heavy atom. The fourth-order valence-electron chi connectivity index (χ4n) is 0.332. The first-order valence-corrected chi connectivity index (χ1v) is 3.16. The van der Waals surface area contributed by atoms with Crippen LogP contribution in [0.1, 0.15) is 26.7 Å². The quantitative estimate of drug-likeness (QED) is 0.333. The summed E-state index contributed by atoms with van der Waals surface area (Å²) in [7, 11) is 0. The number of nitrogens with zero attached hydrogens (tertiary/aromatic N) is 1. The Labute approximate surface area is 51.0 Å². The second-order valence-electron chi connectivity index (χ2n) is 1.63. The van der Waals surface area contributed by atoms with Crippen molar-refractivity contribution < 1.29 is 0 Å². The molecule has 0 aliphatic rings. The van der Waals surface area contributed by atoms with Crippen LogP contribution >= 0.6 is 0 Å². The summed E-state index contributed by atoms with van der Waals surface area (Å²) in [6.07, 6.45) is 4.02. The third-order valence-electron chi connectivity index (χ3n) is 0.727. The van der Waals surface area contributed by atoms with Crippen molar-refractivity contribution >= 4 is 6.21 Å². The minimum atomic E-state index is 0.983. The molecule has 0 atom stereocenters. The molecule has 0 aromatic heterocycles. The van der Waals surface area contributed by atoms with Crippen LogP contribution < -0.4 is 5.43 Å². The SMILES string of the molecule is CCC=NNCCC. The van der Waals surface area contributed by atoms with Crippen LogP contribution in [0.25, 0.3) is 0 Å². The molecule has 0 aromatic rings. The van der Waals surface area contributed by atoms with Crippen molar-refractivity contribution in [1.82, 2.24) is 5.43 Å². The molecule has 0 radical (unpaired) electrons. The second kappa shape index (κ2) is 6.47. The average Bonchev–Trinajstić information content (AvgIpc) is 1.81. The molecule has 0 unspecified atom stereocenters. The zero-order chi connectivity index (χ0) is 6.24. The summed E-state index contributed by atoms with van der Waals surface area (Å²) in [4.78, 5) is 0. The topological polar surface area (TPSA) is 24.4 Å². The summed E-state index contributed by atoms with van der Waals surface area (Å²) in [6, 6.07) is 0. The third-order valence-corrected chi connectivity index (χ3v) is 0.727. The summed E-state index contributed by atoms with van der Waals surface area (Å²) in [5.41, 5.74) is 2.91. The molecule has 0 amide bonds. The van der Waals surface area contributed by atoms with Gasteiger partial charge >= 0.3 is 0 Å². The summed E-state index contributed by atoms with van der Waals surface area (Å²) in [5.74, 6) is 0. The van der Waals surface area contributed by atoms with E-state index in [0.717, 1.165) is 19.4 Å². The lowest BCUT2D eigenvalue weighted by Gasteiger charge is -1.91. The van der Waals surface area contributed by atoms with Crippen LogP contribution in [0.3, 0.4) is 0 Å². The van der Waals surface area contributed by atoms with Gasteiger partial charge in [-0.05, 0) is 12.8 Å². The molecule has 0 saturated heterocycles. The van der Waals surface area contributed by atoms with Crippen molar-refractivity contribution in [1.29, 1.82) is 0 Å². The van der Waals surface area contributed by atoms with Crippen molar-refractivity contribution in [2.24, 2.45) is 5.10 Å². The van der Waals surface area contributed by atoms with Gasteiger partial charge in [-0.2, -0.15) is 5.10 Å². The molecular weight excluding hydrogens is 100 g/mol. The fraction of sp³-hybridized carbons (Fsp3) is 0.833. The van der Waals surface area contributed by atoms with E-state index in [2.05, 4.69) is 24.4 Å². The highest BCUT2D eigenvalue weighted by atomic mass is 15.3. The molecule has 0 heterocycles. The third kappa shape index (κ3) is 5.47. The molecule has 48 valence electrons. The van der Waals surface area contributed by atoms with E-state index in [0.29, 0.717) is 0 Å². The monoisotopic (exact) mass is 114 g/mol. The highest BCUT2D eigenvalue weighted by Gasteiger charge is 1.71. The van der Waals surface area contributed by atoms with E-state index in [9.17, 15) is 0 Å². The lowest BCUT2D eigenvalue weighted by Crippen LogP contribution is -2.05. The van der Waals surface area contributed by atoms with Crippen LogP contribution in [-0.2, 0) is 0 Å². The number of hydrogen-bond donors (Lipinski definition) is 1. The predicted octanol–water partition coefficient (Wildman–Crippen LogP) is 1.38. The lowest BCUT2D eigenvalue weighted by molar-refractivity contribution is 0.717. The number of rotatable bonds is 4. The van der Waals surface area contributed by atoms with Gasteiger partial charge in [0.1, 0.15) is 0 Å². The van der Waals surface area contributed by atoms with Crippen LogP contribution in [0.5, 0.6) is 0 Å². The molecule has 2 nitrogen and oxygen atoms in total. The Hall–Kier alpha value is -0.530. The molecule has 0 aromatic carbocycles. The van der Waals surface area contributed by atoms with Crippen LogP contribution in [0.4, 0.5) is 0 Å². The molecule has 0 aliphatic heterocycles. The highest BCUT2D eigenvalue weighted by molar-refractivity contribution is 5.55. The lowest BCUT2D eigenvalue weighted by atomic mass is 10.5. The first kappa shape index (κ1) is 7.47. The summed E-state index contributed by atoms with van der Waals surface area (Å²) < 4.78 is 0. The zero-order valence-electron chi connectivity index (χ0n) is 5.65. The maximum Gasteiger partial charge on any atom is 0.0326 e. The van der Waals surface area contributed by atoms with E-state index in [1.54, 1.807) is 0 Å². The second-order valence-corrected chi connectivity index (χ2v) is 1.63. The number of hydrazone groups is 1. The van der Waals surface area contributed by atoms with E-state index in [1.165, 1.54) is 0 Å². The molecule has 0 fully saturated rings. The fourth-order valence-corrected chi connectivity index (χ4v) is 0.332. The summed E-state index contributed by atoms with van der Waals surface area (Å²) in [6.45, 7) is 5.17. The van der Waals surface area contributed by atoms with E-state index in [1.807, 2.05) is 6.21 Å². The van der Waals surface area contributed by atoms with Crippen LogP contribution in [0, 0.1) is 0 Å². The number of nitrogens with one attached hydrogen (secondary N) is 1. The molecule has 0 saturated carbocycles. The molecule has 8 heavy (non-hydrogen) atoms. The van der Waals surface area contributed by atoms with Gasteiger partial charge in [0.2, 0.25) is 0 Å². The standard InChI is InChI=1S/C6H14N2/c1-3-5-7-8-6-4-2/h5,8H,3-4,6H2,1-2H3. The van der Waals surface area contributed by atoms with Gasteiger partial charge in [-0.25, -0.2) is 0 Å². The largest absolute Gasteiger partial charge is 0.310 e. The average molecular weight is 114 g/mol. The Kier molecular flexibility index (Phi) is 6.04. The Bertz CT molecular complexity index is 59.5. The van der Waals surface area contributed by atoms with Crippen molar-refractivity contribution in [2.75, 3.05) is 6.54 Å². The van der Waals surface area contributed by atoms with E-state index in [4.69, 9.17) is 0 Å². The van der Waals surface area contributed by atoms with Crippen molar-refractivity contribution in [3.05, 3.63) is 0 Å². The molecule has 0 spiro atoms. The van der Waals surface area contributed by atoms with E-state index in [-0.39, 0.29) is 0 Å². The molecular formula is C6H14N2. The van der Waals surface area contributed by atoms with Crippen molar-refractivity contribution in [2.45, 2.75) is 26.7 Å². The zero-order valence-corrected chi connectivity index (χ0v) is 5.65. The molecule has 2 heteroatoms. The van der Waals surface area contributed by atoms with Crippen molar-refractivity contribution in [3.63, 3.8) is 0 Å². The van der Waals surface area contributed by atoms with Gasteiger partial charge in [0.15, 0.2) is 0 Å². The number of hydrogen-bond acceptors (Lipinski definition) is 2. The smallest absolute Gasteiger partial charge is 0.0326 e. The Morgan fingerprint density at radius 3 is 2.75 bits per heavy atom. The van der Waals surface area contributed by atoms with Gasteiger partial charge < -0.3 is 5.43 Å². The first-order chi connectivity index (χ1) is 3.91. The van der Waals surface area contributed by atoms with Crippen LogP contribution in [0.2, 0.25) is 0 Å². The Morgan fingerprint density at radius 1 is 1.50 bits per heavy atom. The summed E-state index contributed by atoms with van der Waals surface area (Å²) in [5, 5.41) is 3.90. The van der Waals surface area contributed by atoms with Gasteiger partial charge in [0.25, 0.3) is 0 Å². The maximum absolute atomic E-state index is 3.90. The normalized spacial score (nSPS) is 10.2. The summed E-state index contributed by atoms with van der Waals surface area (Å²) >= 11 is 0. The van der Waals surface area contributed by atoms with Gasteiger partial charge in [-0.1, -0.05) is 13.8 Å². The molecule has 1 N–H and O–H groups in total. The predicted molar refractivity (Wildman–Crippen MR) is 37.1 cm³/mol. The van der Waals surface area contributed by atoms with E-state index >= 15 is 0 Å². The molecule has 0 rings (SSSR count). The first-order valence-electron chi connectivity index (χ1n) is 3.16. The van der Waals surface area contributed by atoms with Crippen LogP contribution in [0.15, 0.2) is 5.10 Å². The maximum atomic E-state index is 3.90. The van der Waals surface area contributed by atoms with E-state index < -0.39 is 0 Å². The van der Waals surface area contributed by atoms with Crippen molar-refractivity contribution in [3.8, 4) is 0 Å². The Balaban J connectivity index is 2.80. The van der Waals surface area contributed by atoms with Gasteiger partial charge in [-0.3, -0.25) is 0 Å². The van der Waals surface area contributed by atoms with Gasteiger partial charge in [0.05, 0.1) is 0 Å². The van der Waals surface area contributed by atoms with Crippen LogP contribution in [-0.4, -0.2) is 12.8 Å². The molecule has 0 aliphatic carbocycles.